The summed E-state index contributed by atoms with van der Waals surface area (Å²) in [6.45, 7) is 0. The largest absolute Gasteiger partial charge is 0.207 e. The Hall–Kier alpha value is -0.510. The summed E-state index contributed by atoms with van der Waals surface area (Å²) < 4.78 is 40.3. The molecule has 1 aromatic carbocycles. The first-order chi connectivity index (χ1) is 9.08. The van der Waals surface area contributed by atoms with E-state index in [2.05, 4.69) is 15.9 Å². The molecule has 1 aliphatic carbocycles. The van der Waals surface area contributed by atoms with Gasteiger partial charge in [0.2, 0.25) is 0 Å². The molecule has 0 aliphatic heterocycles. The van der Waals surface area contributed by atoms with E-state index in [4.69, 9.17) is 0 Å². The predicted molar refractivity (Wildman–Crippen MR) is 73.8 cm³/mol. The SMILES string of the molecule is Fc1cc(F)c(C(Br)CC2CCCCCC2)c(F)c1. The zero-order valence-corrected chi connectivity index (χ0v) is 12.4. The Morgan fingerprint density at radius 3 is 2.05 bits per heavy atom. The van der Waals surface area contributed by atoms with E-state index in [9.17, 15) is 13.2 Å². The van der Waals surface area contributed by atoms with Crippen molar-refractivity contribution in [1.82, 2.24) is 0 Å². The fraction of sp³-hybridized carbons (Fsp3) is 0.600. The fourth-order valence-electron chi connectivity index (χ4n) is 2.86. The van der Waals surface area contributed by atoms with E-state index in [1.165, 1.54) is 25.7 Å². The van der Waals surface area contributed by atoms with Crippen molar-refractivity contribution in [2.45, 2.75) is 49.8 Å². The summed E-state index contributed by atoms with van der Waals surface area (Å²) in [5, 5.41) is 0. The second kappa shape index (κ2) is 6.78. The molecule has 0 saturated heterocycles. The topological polar surface area (TPSA) is 0 Å². The summed E-state index contributed by atoms with van der Waals surface area (Å²) >= 11 is 3.37. The first kappa shape index (κ1) is 14.9. The maximum Gasteiger partial charge on any atom is 0.133 e. The molecule has 4 heteroatoms. The normalized spacial score (nSPS) is 19.2. The van der Waals surface area contributed by atoms with Crippen LogP contribution in [0.3, 0.4) is 0 Å². The van der Waals surface area contributed by atoms with Gasteiger partial charge < -0.3 is 0 Å². The molecule has 1 unspecified atom stereocenters. The van der Waals surface area contributed by atoms with Gasteiger partial charge in [-0.15, -0.1) is 0 Å². The smallest absolute Gasteiger partial charge is 0.133 e. The van der Waals surface area contributed by atoms with Gasteiger partial charge >= 0.3 is 0 Å². The summed E-state index contributed by atoms with van der Waals surface area (Å²) in [6, 6.07) is 1.50. The monoisotopic (exact) mass is 334 g/mol. The average molecular weight is 335 g/mol. The van der Waals surface area contributed by atoms with Crippen LogP contribution in [0.5, 0.6) is 0 Å². The highest BCUT2D eigenvalue weighted by Gasteiger charge is 2.23. The van der Waals surface area contributed by atoms with Gasteiger partial charge in [-0.2, -0.15) is 0 Å². The summed E-state index contributed by atoms with van der Waals surface area (Å²) in [5.41, 5.74) is -0.0364. The van der Waals surface area contributed by atoms with Crippen LogP contribution < -0.4 is 0 Å². The summed E-state index contributed by atoms with van der Waals surface area (Å²) in [5.74, 6) is -1.97. The lowest BCUT2D eigenvalue weighted by molar-refractivity contribution is 0.417. The van der Waals surface area contributed by atoms with E-state index in [-0.39, 0.29) is 10.4 Å². The molecule has 1 saturated carbocycles. The lowest BCUT2D eigenvalue weighted by Crippen LogP contribution is -2.07. The van der Waals surface area contributed by atoms with Crippen LogP contribution in [0.15, 0.2) is 12.1 Å². The van der Waals surface area contributed by atoms with Crippen molar-refractivity contribution < 1.29 is 13.2 Å². The Kier molecular flexibility index (Phi) is 5.31. The number of hydrogen-bond acceptors (Lipinski definition) is 0. The van der Waals surface area contributed by atoms with Crippen molar-refractivity contribution in [1.29, 1.82) is 0 Å². The van der Waals surface area contributed by atoms with Gasteiger partial charge in [-0.3, -0.25) is 0 Å². The van der Waals surface area contributed by atoms with Gasteiger partial charge in [0.05, 0.1) is 0 Å². The molecule has 106 valence electrons. The highest BCUT2D eigenvalue weighted by molar-refractivity contribution is 9.09. The van der Waals surface area contributed by atoms with Crippen LogP contribution in [0, 0.1) is 23.4 Å². The second-order valence-electron chi connectivity index (χ2n) is 5.34. The number of rotatable bonds is 3. The third-order valence-corrected chi connectivity index (χ3v) is 4.70. The molecule has 0 N–H and O–H groups in total. The molecule has 1 atom stereocenters. The summed E-state index contributed by atoms with van der Waals surface area (Å²) in [4.78, 5) is -0.379. The molecule has 0 bridgehead atoms. The first-order valence-electron chi connectivity index (χ1n) is 6.86. The lowest BCUT2D eigenvalue weighted by Gasteiger charge is -2.19. The molecule has 0 spiro atoms. The van der Waals surface area contributed by atoms with Crippen molar-refractivity contribution in [3.63, 3.8) is 0 Å². The van der Waals surface area contributed by atoms with Crippen molar-refractivity contribution in [3.05, 3.63) is 35.1 Å². The Bertz CT molecular complexity index is 402. The molecular formula is C15H18BrF3. The van der Waals surface area contributed by atoms with Gasteiger partial charge in [-0.05, 0) is 12.3 Å². The molecule has 0 nitrogen and oxygen atoms in total. The van der Waals surface area contributed by atoms with Gasteiger partial charge in [0.1, 0.15) is 17.5 Å². The Balaban J connectivity index is 2.08. The van der Waals surface area contributed by atoms with Gasteiger partial charge in [-0.25, -0.2) is 13.2 Å². The van der Waals surface area contributed by atoms with E-state index in [0.29, 0.717) is 12.3 Å². The molecular weight excluding hydrogens is 317 g/mol. The molecule has 19 heavy (non-hydrogen) atoms. The highest BCUT2D eigenvalue weighted by atomic mass is 79.9. The van der Waals surface area contributed by atoms with E-state index < -0.39 is 17.5 Å². The average Bonchev–Trinajstić information content (AvgIpc) is 2.56. The number of hydrogen-bond donors (Lipinski definition) is 0. The molecule has 0 aromatic heterocycles. The number of halogens is 4. The van der Waals surface area contributed by atoms with Crippen LogP contribution in [0.4, 0.5) is 13.2 Å². The molecule has 0 radical (unpaired) electrons. The number of benzene rings is 1. The summed E-state index contributed by atoms with van der Waals surface area (Å²) in [6.07, 6.45) is 7.83. The quantitative estimate of drug-likeness (QED) is 0.476. The lowest BCUT2D eigenvalue weighted by atomic mass is 9.92. The highest BCUT2D eigenvalue weighted by Crippen LogP contribution is 2.37. The molecule has 1 fully saturated rings. The van der Waals surface area contributed by atoms with Crippen LogP contribution in [0.25, 0.3) is 0 Å². The molecule has 1 aliphatic rings. The standard InChI is InChI=1S/C15H18BrF3/c16-12(7-10-5-3-1-2-4-6-10)15-13(18)8-11(17)9-14(15)19/h8-10,12H,1-7H2. The minimum absolute atomic E-state index is 0.0364. The van der Waals surface area contributed by atoms with Crippen molar-refractivity contribution in [3.8, 4) is 0 Å². The van der Waals surface area contributed by atoms with Crippen LogP contribution in [-0.4, -0.2) is 0 Å². The third-order valence-electron chi connectivity index (χ3n) is 3.87. The van der Waals surface area contributed by atoms with Crippen LogP contribution >= 0.6 is 15.9 Å². The van der Waals surface area contributed by atoms with Crippen LogP contribution in [-0.2, 0) is 0 Å². The fourth-order valence-corrected chi connectivity index (χ4v) is 3.83. The maximum absolute atomic E-state index is 13.7. The van der Waals surface area contributed by atoms with E-state index in [1.807, 2.05) is 0 Å². The van der Waals surface area contributed by atoms with Gasteiger partial charge in [0.25, 0.3) is 0 Å². The third kappa shape index (κ3) is 3.98. The van der Waals surface area contributed by atoms with Crippen LogP contribution in [0.2, 0.25) is 0 Å². The molecule has 1 aromatic rings. The van der Waals surface area contributed by atoms with E-state index >= 15 is 0 Å². The van der Waals surface area contributed by atoms with Crippen molar-refractivity contribution in [2.75, 3.05) is 0 Å². The predicted octanol–water partition coefficient (Wildman–Crippen LogP) is 5.90. The second-order valence-corrected chi connectivity index (χ2v) is 6.45. The first-order valence-corrected chi connectivity index (χ1v) is 7.78. The minimum Gasteiger partial charge on any atom is -0.207 e. The van der Waals surface area contributed by atoms with Crippen molar-refractivity contribution in [2.24, 2.45) is 5.92 Å². The van der Waals surface area contributed by atoms with Gasteiger partial charge in [0, 0.05) is 22.5 Å². The molecule has 2 rings (SSSR count). The summed E-state index contributed by atoms with van der Waals surface area (Å²) in [7, 11) is 0. The van der Waals surface area contributed by atoms with E-state index in [1.54, 1.807) is 0 Å². The zero-order valence-electron chi connectivity index (χ0n) is 10.8. The minimum atomic E-state index is -0.868. The van der Waals surface area contributed by atoms with Gasteiger partial charge in [0.15, 0.2) is 0 Å². The zero-order chi connectivity index (χ0) is 13.8. The Labute approximate surface area is 120 Å². The van der Waals surface area contributed by atoms with Crippen molar-refractivity contribution >= 4 is 15.9 Å². The molecule has 0 heterocycles. The Morgan fingerprint density at radius 1 is 1.00 bits per heavy atom. The van der Waals surface area contributed by atoms with Crippen LogP contribution in [0.1, 0.15) is 55.3 Å². The number of alkyl halides is 1. The van der Waals surface area contributed by atoms with Gasteiger partial charge in [-0.1, -0.05) is 54.5 Å². The van der Waals surface area contributed by atoms with E-state index in [0.717, 1.165) is 25.0 Å². The Morgan fingerprint density at radius 2 is 1.53 bits per heavy atom. The molecule has 0 amide bonds. The maximum atomic E-state index is 13.7.